The van der Waals surface area contributed by atoms with E-state index in [2.05, 4.69) is 28.6 Å². The van der Waals surface area contributed by atoms with Crippen LogP contribution in [0.25, 0.3) is 0 Å². The third kappa shape index (κ3) is 10.5. The molecule has 0 aliphatic rings. The van der Waals surface area contributed by atoms with Crippen molar-refractivity contribution in [3.63, 3.8) is 0 Å². The minimum Gasteiger partial charge on any atom is -0.480 e. The molecule has 0 aliphatic heterocycles. The van der Waals surface area contributed by atoms with Crippen LogP contribution < -0.4 is 21.7 Å². The molecule has 0 rings (SSSR count). The van der Waals surface area contributed by atoms with Crippen LogP contribution in [0.15, 0.2) is 0 Å². The van der Waals surface area contributed by atoms with E-state index in [0.717, 1.165) is 0 Å². The minimum atomic E-state index is -1.21. The summed E-state index contributed by atoms with van der Waals surface area (Å²) >= 11 is 5.46. The minimum absolute atomic E-state index is 0.0638. The third-order valence-corrected chi connectivity index (χ3v) is 5.41. The van der Waals surface area contributed by atoms with Gasteiger partial charge in [-0.05, 0) is 36.7 Å². The topological polar surface area (TPSA) is 151 Å². The van der Waals surface area contributed by atoms with Crippen LogP contribution in [-0.4, -0.2) is 70.7 Å². The highest BCUT2D eigenvalue weighted by molar-refractivity contribution is 7.98. The Labute approximate surface area is 188 Å². The Morgan fingerprint density at radius 2 is 1.43 bits per heavy atom. The number of nitrogens with one attached hydrogen (secondary N) is 3. The van der Waals surface area contributed by atoms with E-state index < -0.39 is 47.9 Å². The average molecular weight is 465 g/mol. The Morgan fingerprint density at radius 1 is 0.933 bits per heavy atom. The lowest BCUT2D eigenvalue weighted by atomic mass is 10.0. The zero-order valence-corrected chi connectivity index (χ0v) is 20.0. The van der Waals surface area contributed by atoms with E-state index in [9.17, 15) is 19.2 Å². The second-order valence-electron chi connectivity index (χ2n) is 7.89. The zero-order chi connectivity index (χ0) is 23.4. The van der Waals surface area contributed by atoms with Crippen LogP contribution in [-0.2, 0) is 19.2 Å². The van der Waals surface area contributed by atoms with Crippen LogP contribution in [0.1, 0.15) is 40.5 Å². The van der Waals surface area contributed by atoms with Gasteiger partial charge in [-0.2, -0.15) is 24.4 Å². The standard InChI is InChI=1S/C19H36N4O5S2/c1-10(2)8-13(17(25)23-14(9-29)19(27)28)22-16(24)12(6-7-30-5)21-18(26)15(20)11(3)4/h10-15,29H,6-9,20H2,1-5H3,(H,21,26)(H,22,24)(H,23,25)(H,27,28). The number of carbonyl (C=O) groups is 4. The summed E-state index contributed by atoms with van der Waals surface area (Å²) in [6.07, 6.45) is 2.56. The van der Waals surface area contributed by atoms with E-state index >= 15 is 0 Å². The summed E-state index contributed by atoms with van der Waals surface area (Å²) in [4.78, 5) is 49.0. The van der Waals surface area contributed by atoms with E-state index in [1.54, 1.807) is 0 Å². The highest BCUT2D eigenvalue weighted by Crippen LogP contribution is 2.09. The Kier molecular flexibility index (Phi) is 13.8. The number of carboxylic acids is 1. The molecule has 0 saturated carbocycles. The number of hydrogen-bond acceptors (Lipinski definition) is 7. The molecule has 4 unspecified atom stereocenters. The van der Waals surface area contributed by atoms with Gasteiger partial charge in [-0.15, -0.1) is 0 Å². The van der Waals surface area contributed by atoms with Crippen LogP contribution in [0.3, 0.4) is 0 Å². The first-order valence-electron chi connectivity index (χ1n) is 9.93. The van der Waals surface area contributed by atoms with Crippen LogP contribution in [0.2, 0.25) is 0 Å². The molecule has 0 aromatic carbocycles. The maximum atomic E-state index is 12.9. The van der Waals surface area contributed by atoms with Gasteiger partial charge in [0.05, 0.1) is 6.04 Å². The molecule has 0 aromatic rings. The fourth-order valence-corrected chi connectivity index (χ4v) is 3.23. The van der Waals surface area contributed by atoms with E-state index in [-0.39, 0.29) is 17.6 Å². The van der Waals surface area contributed by atoms with Crippen molar-refractivity contribution in [2.24, 2.45) is 17.6 Å². The molecule has 9 nitrogen and oxygen atoms in total. The number of aliphatic carboxylic acids is 1. The van der Waals surface area contributed by atoms with Crippen LogP contribution in [0, 0.1) is 11.8 Å². The average Bonchev–Trinajstić information content (AvgIpc) is 2.66. The van der Waals surface area contributed by atoms with E-state index in [0.29, 0.717) is 18.6 Å². The molecule has 3 amide bonds. The van der Waals surface area contributed by atoms with E-state index in [4.69, 9.17) is 10.8 Å². The fourth-order valence-electron chi connectivity index (χ4n) is 2.51. The van der Waals surface area contributed by atoms with Gasteiger partial charge in [0.25, 0.3) is 0 Å². The summed E-state index contributed by atoms with van der Waals surface area (Å²) in [5.74, 6) is -2.24. The van der Waals surface area contributed by atoms with Gasteiger partial charge in [-0.3, -0.25) is 14.4 Å². The summed E-state index contributed by atoms with van der Waals surface area (Å²) in [7, 11) is 0. The second kappa shape index (κ2) is 14.5. The van der Waals surface area contributed by atoms with Crippen molar-refractivity contribution in [3.8, 4) is 0 Å². The molecular formula is C19H36N4O5S2. The molecule has 4 atom stereocenters. The first-order chi connectivity index (χ1) is 13.9. The molecule has 11 heteroatoms. The number of carboxylic acid groups (broad SMARTS) is 1. The Balaban J connectivity index is 5.37. The largest absolute Gasteiger partial charge is 0.480 e. The van der Waals surface area contributed by atoms with Gasteiger partial charge in [0.15, 0.2) is 0 Å². The summed E-state index contributed by atoms with van der Waals surface area (Å²) in [6.45, 7) is 7.39. The van der Waals surface area contributed by atoms with Gasteiger partial charge in [-0.1, -0.05) is 27.7 Å². The fraction of sp³-hybridized carbons (Fsp3) is 0.789. The van der Waals surface area contributed by atoms with Gasteiger partial charge in [-0.25, -0.2) is 4.79 Å². The van der Waals surface area contributed by atoms with Crippen molar-refractivity contribution in [1.82, 2.24) is 16.0 Å². The SMILES string of the molecule is CSCCC(NC(=O)C(N)C(C)C)C(=O)NC(CC(C)C)C(=O)NC(CS)C(=O)O. The quantitative estimate of drug-likeness (QED) is 0.202. The molecule has 174 valence electrons. The van der Waals surface area contributed by atoms with E-state index in [1.165, 1.54) is 11.8 Å². The summed E-state index contributed by atoms with van der Waals surface area (Å²) in [6, 6.07) is -3.71. The van der Waals surface area contributed by atoms with Gasteiger partial charge in [0.2, 0.25) is 17.7 Å². The van der Waals surface area contributed by atoms with Crippen molar-refractivity contribution in [3.05, 3.63) is 0 Å². The molecule has 6 N–H and O–H groups in total. The van der Waals surface area contributed by atoms with Crippen molar-refractivity contribution in [2.45, 2.75) is 64.7 Å². The van der Waals surface area contributed by atoms with Gasteiger partial charge in [0.1, 0.15) is 18.1 Å². The maximum Gasteiger partial charge on any atom is 0.327 e. The van der Waals surface area contributed by atoms with Gasteiger partial charge in [0, 0.05) is 5.75 Å². The summed E-state index contributed by atoms with van der Waals surface area (Å²) in [5, 5.41) is 16.9. The van der Waals surface area contributed by atoms with Crippen molar-refractivity contribution in [1.29, 1.82) is 0 Å². The summed E-state index contributed by atoms with van der Waals surface area (Å²) in [5.41, 5.74) is 5.88. The normalized spacial score (nSPS) is 15.2. The highest BCUT2D eigenvalue weighted by Gasteiger charge is 2.30. The second-order valence-corrected chi connectivity index (χ2v) is 9.24. The lowest BCUT2D eigenvalue weighted by molar-refractivity contribution is -0.141. The highest BCUT2D eigenvalue weighted by atomic mass is 32.2. The molecule has 0 saturated heterocycles. The Morgan fingerprint density at radius 3 is 1.87 bits per heavy atom. The predicted octanol–water partition coefficient (Wildman–Crippen LogP) is 0.238. The zero-order valence-electron chi connectivity index (χ0n) is 18.3. The third-order valence-electron chi connectivity index (χ3n) is 4.40. The molecule has 0 spiro atoms. The molecule has 0 bridgehead atoms. The Bertz CT molecular complexity index is 589. The van der Waals surface area contributed by atoms with Crippen molar-refractivity contribution < 1.29 is 24.3 Å². The maximum absolute atomic E-state index is 12.9. The molecule has 0 radical (unpaired) electrons. The molecule has 0 aromatic heterocycles. The van der Waals surface area contributed by atoms with Crippen LogP contribution in [0.4, 0.5) is 0 Å². The van der Waals surface area contributed by atoms with Crippen molar-refractivity contribution >= 4 is 48.1 Å². The number of thioether (sulfide) groups is 1. The first kappa shape index (κ1) is 28.5. The predicted molar refractivity (Wildman–Crippen MR) is 123 cm³/mol. The molecule has 0 aliphatic carbocycles. The number of hydrogen-bond donors (Lipinski definition) is 6. The van der Waals surface area contributed by atoms with Crippen LogP contribution in [0.5, 0.6) is 0 Å². The monoisotopic (exact) mass is 464 g/mol. The molecular weight excluding hydrogens is 428 g/mol. The van der Waals surface area contributed by atoms with Gasteiger partial charge < -0.3 is 26.8 Å². The molecule has 30 heavy (non-hydrogen) atoms. The van der Waals surface area contributed by atoms with Crippen LogP contribution >= 0.6 is 24.4 Å². The number of rotatable bonds is 14. The number of thiol groups is 1. The smallest absolute Gasteiger partial charge is 0.327 e. The lowest BCUT2D eigenvalue weighted by Gasteiger charge is -2.26. The molecule has 0 fully saturated rings. The number of carbonyl (C=O) groups excluding carboxylic acids is 3. The van der Waals surface area contributed by atoms with Crippen molar-refractivity contribution in [2.75, 3.05) is 17.8 Å². The first-order valence-corrected chi connectivity index (χ1v) is 12.0. The summed E-state index contributed by atoms with van der Waals surface area (Å²) < 4.78 is 0. The molecule has 0 heterocycles. The van der Waals surface area contributed by atoms with E-state index in [1.807, 2.05) is 34.0 Å². The number of nitrogens with two attached hydrogens (primary N) is 1. The van der Waals surface area contributed by atoms with Gasteiger partial charge >= 0.3 is 5.97 Å². The number of amides is 3. The lowest BCUT2D eigenvalue weighted by Crippen LogP contribution is -2.58. The Hall–Kier alpha value is -1.46.